The Morgan fingerprint density at radius 1 is 1.39 bits per heavy atom. The van der Waals surface area contributed by atoms with Crippen LogP contribution in [0.1, 0.15) is 31.9 Å². The Morgan fingerprint density at radius 3 is 2.74 bits per heavy atom. The van der Waals surface area contributed by atoms with Crippen LogP contribution in [0.15, 0.2) is 30.3 Å². The van der Waals surface area contributed by atoms with Gasteiger partial charge in [-0.15, -0.1) is 0 Å². The SMILES string of the molecule is CCCS(=O)(=O)N[C@@H](C)C(=O)N1CCOC(c2ccccc2)C1. The molecule has 1 aliphatic heterocycles. The van der Waals surface area contributed by atoms with Gasteiger partial charge in [0.05, 0.1) is 24.9 Å². The average Bonchev–Trinajstić information content (AvgIpc) is 2.54. The van der Waals surface area contributed by atoms with E-state index in [2.05, 4.69) is 4.72 Å². The summed E-state index contributed by atoms with van der Waals surface area (Å²) in [7, 11) is -3.41. The summed E-state index contributed by atoms with van der Waals surface area (Å²) < 4.78 is 31.8. The van der Waals surface area contributed by atoms with Gasteiger partial charge in [-0.05, 0) is 18.9 Å². The van der Waals surface area contributed by atoms with Crippen molar-refractivity contribution in [1.29, 1.82) is 0 Å². The topological polar surface area (TPSA) is 75.7 Å². The lowest BCUT2D eigenvalue weighted by atomic mass is 10.1. The normalized spacial score (nSPS) is 20.3. The maximum atomic E-state index is 12.5. The molecule has 6 nitrogen and oxygen atoms in total. The number of carbonyl (C=O) groups excluding carboxylic acids is 1. The third-order valence-corrected chi connectivity index (χ3v) is 5.41. The van der Waals surface area contributed by atoms with Crippen LogP contribution in [0, 0.1) is 0 Å². The quantitative estimate of drug-likeness (QED) is 0.847. The van der Waals surface area contributed by atoms with Crippen LogP contribution < -0.4 is 4.72 Å². The van der Waals surface area contributed by atoms with Gasteiger partial charge in [0.2, 0.25) is 15.9 Å². The second kappa shape index (κ2) is 7.90. The van der Waals surface area contributed by atoms with Gasteiger partial charge < -0.3 is 9.64 Å². The Balaban J connectivity index is 1.99. The molecule has 1 unspecified atom stereocenters. The van der Waals surface area contributed by atoms with Crippen LogP contribution in [0.2, 0.25) is 0 Å². The van der Waals surface area contributed by atoms with Crippen LogP contribution in [0.5, 0.6) is 0 Å². The summed E-state index contributed by atoms with van der Waals surface area (Å²) in [6.07, 6.45) is 0.345. The van der Waals surface area contributed by atoms with E-state index < -0.39 is 16.1 Å². The number of hydrogen-bond acceptors (Lipinski definition) is 4. The smallest absolute Gasteiger partial charge is 0.240 e. The van der Waals surface area contributed by atoms with E-state index in [1.54, 1.807) is 18.7 Å². The maximum Gasteiger partial charge on any atom is 0.240 e. The van der Waals surface area contributed by atoms with E-state index in [1.807, 2.05) is 30.3 Å². The molecule has 1 saturated heterocycles. The molecule has 1 aliphatic rings. The Hall–Kier alpha value is -1.44. The maximum absolute atomic E-state index is 12.5. The lowest BCUT2D eigenvalue weighted by Crippen LogP contribution is -2.51. The standard InChI is InChI=1S/C16H24N2O4S/c1-3-11-23(20,21)17-13(2)16(19)18-9-10-22-15(12-18)14-7-5-4-6-8-14/h4-8,13,15,17H,3,9-12H2,1-2H3/t13-,15?/m0/s1. The van der Waals surface area contributed by atoms with Crippen molar-refractivity contribution in [1.82, 2.24) is 9.62 Å². The predicted octanol–water partition coefficient (Wildman–Crippen LogP) is 1.30. The van der Waals surface area contributed by atoms with Gasteiger partial charge in [-0.2, -0.15) is 0 Å². The number of ether oxygens (including phenoxy) is 1. The zero-order valence-corrected chi connectivity index (χ0v) is 14.4. The van der Waals surface area contributed by atoms with E-state index in [0.717, 1.165) is 5.56 Å². The van der Waals surface area contributed by atoms with Gasteiger partial charge in [0.1, 0.15) is 6.10 Å². The molecular weight excluding hydrogens is 316 g/mol. The number of carbonyl (C=O) groups is 1. The van der Waals surface area contributed by atoms with E-state index in [-0.39, 0.29) is 17.8 Å². The molecule has 128 valence electrons. The van der Waals surface area contributed by atoms with Gasteiger partial charge in [-0.3, -0.25) is 4.79 Å². The van der Waals surface area contributed by atoms with Gasteiger partial charge >= 0.3 is 0 Å². The molecule has 0 bridgehead atoms. The number of nitrogens with one attached hydrogen (secondary N) is 1. The van der Waals surface area contributed by atoms with Gasteiger partial charge in [0.25, 0.3) is 0 Å². The van der Waals surface area contributed by atoms with E-state index in [4.69, 9.17) is 4.74 Å². The Labute approximate surface area is 137 Å². The predicted molar refractivity (Wildman–Crippen MR) is 88.4 cm³/mol. The molecule has 1 amide bonds. The number of benzene rings is 1. The summed E-state index contributed by atoms with van der Waals surface area (Å²) in [6.45, 7) is 4.73. The molecule has 1 heterocycles. The minimum atomic E-state index is -3.41. The number of hydrogen-bond donors (Lipinski definition) is 1. The van der Waals surface area contributed by atoms with Crippen molar-refractivity contribution in [3.63, 3.8) is 0 Å². The summed E-state index contributed by atoms with van der Waals surface area (Å²) in [5, 5.41) is 0. The molecule has 0 radical (unpaired) electrons. The van der Waals surface area contributed by atoms with Crippen molar-refractivity contribution in [3.05, 3.63) is 35.9 Å². The minimum Gasteiger partial charge on any atom is -0.370 e. The number of nitrogens with zero attached hydrogens (tertiary/aromatic N) is 1. The summed E-state index contributed by atoms with van der Waals surface area (Å²) in [6, 6.07) is 8.96. The van der Waals surface area contributed by atoms with E-state index in [1.165, 1.54) is 0 Å². The molecule has 0 aliphatic carbocycles. The molecule has 23 heavy (non-hydrogen) atoms. The highest BCUT2D eigenvalue weighted by Gasteiger charge is 2.29. The summed E-state index contributed by atoms with van der Waals surface area (Å²) in [4.78, 5) is 14.2. The minimum absolute atomic E-state index is 0.0281. The molecule has 2 atom stereocenters. The van der Waals surface area contributed by atoms with Crippen LogP contribution in [0.4, 0.5) is 0 Å². The van der Waals surface area contributed by atoms with Crippen molar-refractivity contribution < 1.29 is 17.9 Å². The number of rotatable bonds is 6. The molecule has 2 rings (SSSR count). The van der Waals surface area contributed by atoms with Crippen molar-refractivity contribution in [2.24, 2.45) is 0 Å². The summed E-state index contributed by atoms with van der Waals surface area (Å²) >= 11 is 0. The molecule has 1 aromatic rings. The third kappa shape index (κ3) is 5.02. The van der Waals surface area contributed by atoms with Crippen LogP contribution in [0.3, 0.4) is 0 Å². The summed E-state index contributed by atoms with van der Waals surface area (Å²) in [5.41, 5.74) is 1.02. The van der Waals surface area contributed by atoms with Gasteiger partial charge in [0.15, 0.2) is 0 Å². The number of sulfonamides is 1. The van der Waals surface area contributed by atoms with Crippen LogP contribution in [-0.2, 0) is 19.6 Å². The second-order valence-electron chi connectivity index (χ2n) is 5.71. The van der Waals surface area contributed by atoms with Crippen molar-refractivity contribution >= 4 is 15.9 Å². The van der Waals surface area contributed by atoms with Crippen LogP contribution in [0.25, 0.3) is 0 Å². The summed E-state index contributed by atoms with van der Waals surface area (Å²) in [5.74, 6) is -0.186. The Kier molecular flexibility index (Phi) is 6.15. The van der Waals surface area contributed by atoms with Gasteiger partial charge in [-0.25, -0.2) is 13.1 Å². The lowest BCUT2D eigenvalue weighted by Gasteiger charge is -2.34. The first-order valence-electron chi connectivity index (χ1n) is 7.88. The van der Waals surface area contributed by atoms with Crippen molar-refractivity contribution in [2.45, 2.75) is 32.4 Å². The highest BCUT2D eigenvalue weighted by molar-refractivity contribution is 7.89. The van der Waals surface area contributed by atoms with Crippen molar-refractivity contribution in [3.8, 4) is 0 Å². The molecule has 0 aromatic heterocycles. The largest absolute Gasteiger partial charge is 0.370 e. The lowest BCUT2D eigenvalue weighted by molar-refractivity contribution is -0.140. The first-order valence-corrected chi connectivity index (χ1v) is 9.53. The van der Waals surface area contributed by atoms with Crippen molar-refractivity contribution in [2.75, 3.05) is 25.4 Å². The molecule has 7 heteroatoms. The number of amides is 1. The van der Waals surface area contributed by atoms with Gasteiger partial charge in [-0.1, -0.05) is 37.3 Å². The van der Waals surface area contributed by atoms with E-state index in [9.17, 15) is 13.2 Å². The Bertz CT molecular complexity index is 618. The molecule has 0 spiro atoms. The third-order valence-electron chi connectivity index (χ3n) is 3.75. The fraction of sp³-hybridized carbons (Fsp3) is 0.562. The van der Waals surface area contributed by atoms with Crippen LogP contribution >= 0.6 is 0 Å². The average molecular weight is 340 g/mol. The van der Waals surface area contributed by atoms with Crippen LogP contribution in [-0.4, -0.2) is 50.7 Å². The fourth-order valence-electron chi connectivity index (χ4n) is 2.64. The zero-order valence-electron chi connectivity index (χ0n) is 13.6. The zero-order chi connectivity index (χ0) is 16.9. The first-order chi connectivity index (χ1) is 10.9. The molecule has 0 saturated carbocycles. The highest BCUT2D eigenvalue weighted by Crippen LogP contribution is 2.22. The molecule has 1 aromatic carbocycles. The Morgan fingerprint density at radius 2 is 2.09 bits per heavy atom. The number of morpholine rings is 1. The molecular formula is C16H24N2O4S. The fourth-order valence-corrected chi connectivity index (χ4v) is 3.93. The van der Waals surface area contributed by atoms with E-state index >= 15 is 0 Å². The van der Waals surface area contributed by atoms with Gasteiger partial charge in [0, 0.05) is 6.54 Å². The highest BCUT2D eigenvalue weighted by atomic mass is 32.2. The molecule has 1 N–H and O–H groups in total. The first kappa shape index (κ1) is 17.9. The monoisotopic (exact) mass is 340 g/mol. The van der Waals surface area contributed by atoms with E-state index in [0.29, 0.717) is 26.1 Å². The molecule has 1 fully saturated rings. The second-order valence-corrected chi connectivity index (χ2v) is 7.59.